The number of nitrogens with two attached hydrogens (primary N) is 1. The second-order valence-corrected chi connectivity index (χ2v) is 6.01. The fraction of sp³-hybridized carbons (Fsp3) is 0. The highest BCUT2D eigenvalue weighted by molar-refractivity contribution is 6.20. The Morgan fingerprint density at radius 2 is 1.88 bits per heavy atom. The van der Waals surface area contributed by atoms with Crippen molar-refractivity contribution < 1.29 is 0 Å². The Morgan fingerprint density at radius 1 is 1.00 bits per heavy atom. The molecule has 0 aliphatic carbocycles. The fourth-order valence-electron chi connectivity index (χ4n) is 3.33. The maximum atomic E-state index is 9.25. The molecular formula is C20H12N6. The van der Waals surface area contributed by atoms with Crippen molar-refractivity contribution in [2.24, 2.45) is 4.99 Å². The number of rotatable bonds is 1. The first kappa shape index (κ1) is 14.4. The standard InChI is InChI=1S/C20H12N6/c21-11-12-4-3-5-13(10-12)17-15-8-9-26-19(15)18(24-20(22)25-26)14-6-1-2-7-16(14)23-17/h1-10H,(H2,22,25). The van der Waals surface area contributed by atoms with Crippen molar-refractivity contribution >= 4 is 22.9 Å². The summed E-state index contributed by atoms with van der Waals surface area (Å²) in [4.78, 5) is 9.40. The molecule has 4 aromatic rings. The van der Waals surface area contributed by atoms with Crippen molar-refractivity contribution in [1.82, 2.24) is 14.6 Å². The fourth-order valence-corrected chi connectivity index (χ4v) is 3.33. The van der Waals surface area contributed by atoms with Crippen LogP contribution in [0.3, 0.4) is 0 Å². The van der Waals surface area contributed by atoms with Crippen molar-refractivity contribution in [1.29, 1.82) is 5.26 Å². The van der Waals surface area contributed by atoms with Gasteiger partial charge in [-0.25, -0.2) is 14.5 Å². The molecule has 0 saturated heterocycles. The van der Waals surface area contributed by atoms with E-state index in [9.17, 15) is 5.26 Å². The largest absolute Gasteiger partial charge is 0.367 e. The van der Waals surface area contributed by atoms with Crippen LogP contribution in [0.15, 0.2) is 65.8 Å². The molecule has 2 aromatic carbocycles. The van der Waals surface area contributed by atoms with Crippen LogP contribution in [0.1, 0.15) is 16.7 Å². The highest BCUT2D eigenvalue weighted by Crippen LogP contribution is 2.38. The van der Waals surface area contributed by atoms with E-state index in [0.717, 1.165) is 39.3 Å². The molecule has 0 amide bonds. The number of nitriles is 1. The monoisotopic (exact) mass is 336 g/mol. The highest BCUT2D eigenvalue weighted by atomic mass is 15.3. The lowest BCUT2D eigenvalue weighted by Crippen LogP contribution is -2.06. The molecule has 5 rings (SSSR count). The Bertz CT molecular complexity index is 1260. The van der Waals surface area contributed by atoms with Crippen LogP contribution in [0.5, 0.6) is 0 Å². The Hall–Kier alpha value is -3.98. The molecule has 3 heterocycles. The highest BCUT2D eigenvalue weighted by Gasteiger charge is 2.23. The molecule has 0 unspecified atom stereocenters. The molecule has 0 atom stereocenters. The van der Waals surface area contributed by atoms with Gasteiger partial charge in [-0.15, -0.1) is 5.10 Å². The van der Waals surface area contributed by atoms with Gasteiger partial charge in [-0.05, 0) is 24.3 Å². The van der Waals surface area contributed by atoms with Crippen LogP contribution in [0, 0.1) is 11.3 Å². The molecule has 0 spiro atoms. The summed E-state index contributed by atoms with van der Waals surface area (Å²) in [5, 5.41) is 13.5. The van der Waals surface area contributed by atoms with Gasteiger partial charge in [-0.2, -0.15) is 5.26 Å². The number of hydrogen-bond donors (Lipinski definition) is 1. The third kappa shape index (κ3) is 2.01. The van der Waals surface area contributed by atoms with Crippen molar-refractivity contribution in [3.05, 3.63) is 77.5 Å². The number of nitrogens with zero attached hydrogens (tertiary/aromatic N) is 5. The molecule has 0 bridgehead atoms. The number of benzene rings is 2. The maximum Gasteiger partial charge on any atom is 0.238 e. The summed E-state index contributed by atoms with van der Waals surface area (Å²) in [6.07, 6.45) is 1.85. The van der Waals surface area contributed by atoms with Gasteiger partial charge in [0.05, 0.1) is 23.0 Å². The SMILES string of the molecule is N#Cc1cccc(C2=Nc3ccccc3-c3nc(N)nn4ccc2c34)c1. The molecule has 1 aliphatic rings. The average Bonchev–Trinajstić information content (AvgIpc) is 3.03. The Balaban J connectivity index is 1.91. The Kier molecular flexibility index (Phi) is 2.91. The van der Waals surface area contributed by atoms with Crippen molar-refractivity contribution in [3.63, 3.8) is 0 Å². The van der Waals surface area contributed by atoms with Crippen molar-refractivity contribution in [3.8, 4) is 17.3 Å². The summed E-state index contributed by atoms with van der Waals surface area (Å²) in [5.41, 5.74) is 12.4. The van der Waals surface area contributed by atoms with Crippen LogP contribution in [0.2, 0.25) is 0 Å². The molecule has 122 valence electrons. The topological polar surface area (TPSA) is 92.4 Å². The van der Waals surface area contributed by atoms with Gasteiger partial charge in [0.25, 0.3) is 0 Å². The average molecular weight is 336 g/mol. The first-order valence-corrected chi connectivity index (χ1v) is 8.08. The Morgan fingerprint density at radius 3 is 2.77 bits per heavy atom. The van der Waals surface area contributed by atoms with E-state index in [2.05, 4.69) is 16.2 Å². The minimum atomic E-state index is 0.208. The second kappa shape index (κ2) is 5.26. The van der Waals surface area contributed by atoms with Crippen molar-refractivity contribution in [2.75, 3.05) is 5.73 Å². The first-order chi connectivity index (χ1) is 12.7. The molecule has 0 radical (unpaired) electrons. The molecule has 1 aliphatic heterocycles. The zero-order chi connectivity index (χ0) is 17.7. The Labute approximate surface area is 148 Å². The third-order valence-electron chi connectivity index (χ3n) is 4.44. The molecule has 0 fully saturated rings. The predicted octanol–water partition coefficient (Wildman–Crippen LogP) is 3.33. The quantitative estimate of drug-likeness (QED) is 0.508. The second-order valence-electron chi connectivity index (χ2n) is 6.01. The van der Waals surface area contributed by atoms with E-state index in [1.54, 1.807) is 10.6 Å². The predicted molar refractivity (Wildman–Crippen MR) is 99.3 cm³/mol. The zero-order valence-corrected chi connectivity index (χ0v) is 13.6. The summed E-state index contributed by atoms with van der Waals surface area (Å²) in [5.74, 6) is 0.208. The summed E-state index contributed by atoms with van der Waals surface area (Å²) in [6.45, 7) is 0. The van der Waals surface area contributed by atoms with Gasteiger partial charge in [0, 0.05) is 22.9 Å². The van der Waals surface area contributed by atoms with Gasteiger partial charge in [0.1, 0.15) is 11.2 Å². The van der Waals surface area contributed by atoms with Gasteiger partial charge < -0.3 is 5.73 Å². The minimum Gasteiger partial charge on any atom is -0.367 e. The van der Waals surface area contributed by atoms with Gasteiger partial charge in [0.2, 0.25) is 5.95 Å². The van der Waals surface area contributed by atoms with E-state index in [1.165, 1.54) is 0 Å². The number of fused-ring (bicyclic) bond motifs is 2. The van der Waals surface area contributed by atoms with Crippen LogP contribution >= 0.6 is 0 Å². The number of aromatic nitrogens is 3. The van der Waals surface area contributed by atoms with E-state index >= 15 is 0 Å². The normalized spacial score (nSPS) is 12.2. The third-order valence-corrected chi connectivity index (χ3v) is 4.44. The molecule has 6 heteroatoms. The minimum absolute atomic E-state index is 0.208. The van der Waals surface area contributed by atoms with Gasteiger partial charge in [-0.1, -0.05) is 30.3 Å². The first-order valence-electron chi connectivity index (χ1n) is 8.08. The number of hydrogen-bond acceptors (Lipinski definition) is 5. The molecule has 2 aromatic heterocycles. The summed E-state index contributed by atoms with van der Waals surface area (Å²) in [7, 11) is 0. The smallest absolute Gasteiger partial charge is 0.238 e. The molecule has 26 heavy (non-hydrogen) atoms. The molecule has 2 N–H and O–H groups in total. The van der Waals surface area contributed by atoms with E-state index < -0.39 is 0 Å². The maximum absolute atomic E-state index is 9.25. The molecule has 6 nitrogen and oxygen atoms in total. The summed E-state index contributed by atoms with van der Waals surface area (Å²) >= 11 is 0. The van der Waals surface area contributed by atoms with Crippen LogP contribution in [-0.4, -0.2) is 20.3 Å². The van der Waals surface area contributed by atoms with Crippen LogP contribution in [0.4, 0.5) is 11.6 Å². The van der Waals surface area contributed by atoms with Gasteiger partial charge in [0.15, 0.2) is 0 Å². The molecule has 0 saturated carbocycles. The van der Waals surface area contributed by atoms with E-state index in [0.29, 0.717) is 5.56 Å². The number of aliphatic imine (C=N–C) groups is 1. The number of anilines is 1. The number of nitrogen functional groups attached to an aromatic ring is 1. The molecular weight excluding hydrogens is 324 g/mol. The van der Waals surface area contributed by atoms with Gasteiger partial charge in [-0.3, -0.25) is 0 Å². The number of para-hydroxylation sites is 1. The van der Waals surface area contributed by atoms with E-state index in [1.807, 2.05) is 54.7 Å². The summed E-state index contributed by atoms with van der Waals surface area (Å²) in [6, 6.07) is 19.4. The van der Waals surface area contributed by atoms with Crippen molar-refractivity contribution in [2.45, 2.75) is 0 Å². The van der Waals surface area contributed by atoms with E-state index in [4.69, 9.17) is 10.7 Å². The lowest BCUT2D eigenvalue weighted by molar-refractivity contribution is 0.920. The van der Waals surface area contributed by atoms with Gasteiger partial charge >= 0.3 is 0 Å². The van der Waals surface area contributed by atoms with Crippen LogP contribution in [0.25, 0.3) is 16.8 Å². The lowest BCUT2D eigenvalue weighted by Gasteiger charge is -2.06. The van der Waals surface area contributed by atoms with Crippen LogP contribution < -0.4 is 5.73 Å². The summed E-state index contributed by atoms with van der Waals surface area (Å²) < 4.78 is 1.73. The zero-order valence-electron chi connectivity index (χ0n) is 13.6. The van der Waals surface area contributed by atoms with E-state index in [-0.39, 0.29) is 5.95 Å². The van der Waals surface area contributed by atoms with Crippen LogP contribution in [-0.2, 0) is 0 Å². The lowest BCUT2D eigenvalue weighted by atomic mass is 10.0.